The van der Waals surface area contributed by atoms with Crippen LogP contribution in [0.15, 0.2) is 54.6 Å². The SMILES string of the molecule is CC(O)CCC(O)c1cc(-c2ccc(Cl)cc2)n(-c2ccc(Cl)cc2)n1. The molecule has 0 fully saturated rings. The van der Waals surface area contributed by atoms with E-state index in [1.165, 1.54) is 0 Å². The monoisotopic (exact) mass is 390 g/mol. The van der Waals surface area contributed by atoms with Crippen LogP contribution in [0.25, 0.3) is 16.9 Å². The highest BCUT2D eigenvalue weighted by Crippen LogP contribution is 2.29. The van der Waals surface area contributed by atoms with Crippen molar-refractivity contribution in [2.24, 2.45) is 0 Å². The van der Waals surface area contributed by atoms with Crippen LogP contribution in [-0.2, 0) is 0 Å². The molecule has 2 N–H and O–H groups in total. The molecule has 1 heterocycles. The van der Waals surface area contributed by atoms with Crippen LogP contribution >= 0.6 is 23.2 Å². The van der Waals surface area contributed by atoms with E-state index in [9.17, 15) is 10.2 Å². The van der Waals surface area contributed by atoms with Crippen molar-refractivity contribution >= 4 is 23.2 Å². The molecule has 0 bridgehead atoms. The Labute approximate surface area is 162 Å². The van der Waals surface area contributed by atoms with Crippen molar-refractivity contribution in [2.75, 3.05) is 0 Å². The molecule has 2 atom stereocenters. The summed E-state index contributed by atoms with van der Waals surface area (Å²) in [4.78, 5) is 0. The maximum absolute atomic E-state index is 10.5. The van der Waals surface area contributed by atoms with E-state index in [0.717, 1.165) is 16.9 Å². The van der Waals surface area contributed by atoms with Crippen molar-refractivity contribution in [3.05, 3.63) is 70.3 Å². The predicted molar refractivity (Wildman–Crippen MR) is 105 cm³/mol. The minimum Gasteiger partial charge on any atom is -0.393 e. The van der Waals surface area contributed by atoms with Gasteiger partial charge in [0.15, 0.2) is 0 Å². The first-order valence-electron chi connectivity index (χ1n) is 8.42. The smallest absolute Gasteiger partial charge is 0.0979 e. The Hall–Kier alpha value is -1.85. The number of hydrogen-bond acceptors (Lipinski definition) is 3. The Morgan fingerprint density at radius 2 is 1.50 bits per heavy atom. The number of rotatable bonds is 6. The summed E-state index contributed by atoms with van der Waals surface area (Å²) >= 11 is 12.0. The molecule has 0 radical (unpaired) electrons. The number of aliphatic hydroxyl groups excluding tert-OH is 2. The second-order valence-corrected chi connectivity index (χ2v) is 7.16. The molecule has 0 aliphatic carbocycles. The molecule has 0 aliphatic rings. The lowest BCUT2D eigenvalue weighted by Crippen LogP contribution is -2.06. The summed E-state index contributed by atoms with van der Waals surface area (Å²) in [7, 11) is 0. The maximum Gasteiger partial charge on any atom is 0.0979 e. The van der Waals surface area contributed by atoms with Crippen molar-refractivity contribution in [3.8, 4) is 16.9 Å². The Bertz CT molecular complexity index is 796. The first-order valence-corrected chi connectivity index (χ1v) is 9.17. The van der Waals surface area contributed by atoms with Crippen LogP contribution in [0.2, 0.25) is 10.0 Å². The molecule has 26 heavy (non-hydrogen) atoms. The maximum atomic E-state index is 10.5. The van der Waals surface area contributed by atoms with E-state index >= 15 is 0 Å². The zero-order valence-electron chi connectivity index (χ0n) is 14.3. The molecule has 0 aliphatic heterocycles. The lowest BCUT2D eigenvalue weighted by atomic mass is 10.1. The van der Waals surface area contributed by atoms with Crippen molar-refractivity contribution in [3.63, 3.8) is 0 Å². The summed E-state index contributed by atoms with van der Waals surface area (Å²) in [6.07, 6.45) is -0.261. The Morgan fingerprint density at radius 1 is 0.923 bits per heavy atom. The van der Waals surface area contributed by atoms with Gasteiger partial charge in [-0.15, -0.1) is 0 Å². The van der Waals surface area contributed by atoms with Gasteiger partial charge < -0.3 is 10.2 Å². The van der Waals surface area contributed by atoms with Gasteiger partial charge in [0.05, 0.1) is 29.3 Å². The van der Waals surface area contributed by atoms with Gasteiger partial charge in [-0.2, -0.15) is 5.10 Å². The van der Waals surface area contributed by atoms with E-state index < -0.39 is 12.2 Å². The van der Waals surface area contributed by atoms with Crippen molar-refractivity contribution in [1.82, 2.24) is 9.78 Å². The number of halogens is 2. The van der Waals surface area contributed by atoms with Gasteiger partial charge in [0.25, 0.3) is 0 Å². The van der Waals surface area contributed by atoms with Crippen LogP contribution in [0, 0.1) is 0 Å². The zero-order chi connectivity index (χ0) is 18.7. The number of nitrogens with zero attached hydrogens (tertiary/aromatic N) is 2. The van der Waals surface area contributed by atoms with Crippen LogP contribution < -0.4 is 0 Å². The highest BCUT2D eigenvalue weighted by molar-refractivity contribution is 6.30. The van der Waals surface area contributed by atoms with Gasteiger partial charge in [0.2, 0.25) is 0 Å². The largest absolute Gasteiger partial charge is 0.393 e. The van der Waals surface area contributed by atoms with Crippen LogP contribution in [0.4, 0.5) is 0 Å². The van der Waals surface area contributed by atoms with E-state index in [1.54, 1.807) is 23.7 Å². The Balaban J connectivity index is 2.02. The minimum absolute atomic E-state index is 0.440. The molecule has 0 amide bonds. The van der Waals surface area contributed by atoms with E-state index in [4.69, 9.17) is 23.2 Å². The summed E-state index contributed by atoms with van der Waals surface area (Å²) in [5, 5.41) is 25.8. The highest BCUT2D eigenvalue weighted by Gasteiger charge is 2.18. The van der Waals surface area contributed by atoms with Crippen LogP contribution in [-0.4, -0.2) is 26.1 Å². The number of aromatic nitrogens is 2. The fourth-order valence-corrected chi connectivity index (χ4v) is 2.97. The standard InChI is InChI=1S/C20H20Cl2N2O2/c1-13(25)2-11-20(26)18-12-19(14-3-5-15(21)6-4-14)24(23-18)17-9-7-16(22)8-10-17/h3-10,12-13,20,25-26H,2,11H2,1H3. The lowest BCUT2D eigenvalue weighted by Gasteiger charge is -2.09. The zero-order valence-corrected chi connectivity index (χ0v) is 15.8. The molecule has 2 aromatic carbocycles. The quantitative estimate of drug-likeness (QED) is 0.619. The van der Waals surface area contributed by atoms with E-state index in [2.05, 4.69) is 5.10 Å². The normalized spacial score (nSPS) is 13.6. The molecular formula is C20H20Cl2N2O2. The Morgan fingerprint density at radius 3 is 2.08 bits per heavy atom. The first kappa shape index (κ1) is 18.9. The molecular weight excluding hydrogens is 371 g/mol. The third-order valence-corrected chi connectivity index (χ3v) is 4.64. The topological polar surface area (TPSA) is 58.3 Å². The van der Waals surface area contributed by atoms with Gasteiger partial charge in [-0.05, 0) is 62.2 Å². The summed E-state index contributed by atoms with van der Waals surface area (Å²) in [5.41, 5.74) is 3.18. The molecule has 0 spiro atoms. The van der Waals surface area contributed by atoms with Gasteiger partial charge in [-0.25, -0.2) is 4.68 Å². The average Bonchev–Trinajstić information content (AvgIpc) is 3.06. The average molecular weight is 391 g/mol. The van der Waals surface area contributed by atoms with Gasteiger partial charge in [-0.3, -0.25) is 0 Å². The molecule has 3 aromatic rings. The van der Waals surface area contributed by atoms with Gasteiger partial charge >= 0.3 is 0 Å². The lowest BCUT2D eigenvalue weighted by molar-refractivity contribution is 0.120. The molecule has 0 saturated heterocycles. The molecule has 2 unspecified atom stereocenters. The Kier molecular flexibility index (Phi) is 5.99. The number of hydrogen-bond donors (Lipinski definition) is 2. The molecule has 0 saturated carbocycles. The molecule has 6 heteroatoms. The highest BCUT2D eigenvalue weighted by atomic mass is 35.5. The third kappa shape index (κ3) is 4.46. The molecule has 1 aromatic heterocycles. The number of aliphatic hydroxyl groups is 2. The first-order chi connectivity index (χ1) is 12.4. The van der Waals surface area contributed by atoms with E-state index in [-0.39, 0.29) is 0 Å². The summed E-state index contributed by atoms with van der Waals surface area (Å²) in [6.45, 7) is 1.71. The van der Waals surface area contributed by atoms with Gasteiger partial charge in [0.1, 0.15) is 0 Å². The van der Waals surface area contributed by atoms with E-state index in [1.807, 2.05) is 42.5 Å². The minimum atomic E-state index is -0.746. The van der Waals surface area contributed by atoms with Crippen molar-refractivity contribution < 1.29 is 10.2 Å². The number of benzene rings is 2. The summed E-state index contributed by atoms with van der Waals surface area (Å²) < 4.78 is 1.78. The molecule has 136 valence electrons. The van der Waals surface area contributed by atoms with Crippen LogP contribution in [0.5, 0.6) is 0 Å². The summed E-state index contributed by atoms with van der Waals surface area (Å²) in [5.74, 6) is 0. The van der Waals surface area contributed by atoms with Crippen molar-refractivity contribution in [1.29, 1.82) is 0 Å². The molecule has 3 rings (SSSR count). The third-order valence-electron chi connectivity index (χ3n) is 4.14. The predicted octanol–water partition coefficient (Wildman–Crippen LogP) is 5.04. The summed E-state index contributed by atoms with van der Waals surface area (Å²) in [6, 6.07) is 16.7. The molecule has 4 nitrogen and oxygen atoms in total. The van der Waals surface area contributed by atoms with Crippen LogP contribution in [0.3, 0.4) is 0 Å². The van der Waals surface area contributed by atoms with Crippen LogP contribution in [0.1, 0.15) is 31.6 Å². The fraction of sp³-hybridized carbons (Fsp3) is 0.250. The fourth-order valence-electron chi connectivity index (χ4n) is 2.71. The second kappa shape index (κ2) is 8.23. The van der Waals surface area contributed by atoms with Gasteiger partial charge in [0, 0.05) is 15.6 Å². The van der Waals surface area contributed by atoms with Crippen molar-refractivity contribution in [2.45, 2.75) is 32.0 Å². The van der Waals surface area contributed by atoms with Gasteiger partial charge in [-0.1, -0.05) is 35.3 Å². The second-order valence-electron chi connectivity index (χ2n) is 6.29. The van der Waals surface area contributed by atoms with E-state index in [0.29, 0.717) is 28.6 Å².